The molecule has 3 N–H and O–H groups in total. The lowest BCUT2D eigenvalue weighted by Gasteiger charge is -2.18. The number of halogens is 1. The van der Waals surface area contributed by atoms with E-state index in [1.165, 1.54) is 19.2 Å². The molecule has 0 saturated carbocycles. The van der Waals surface area contributed by atoms with Crippen molar-refractivity contribution in [1.29, 1.82) is 0 Å². The number of anilines is 1. The molecule has 2 aromatic heterocycles. The molecule has 0 fully saturated rings. The molecule has 0 saturated heterocycles. The third kappa shape index (κ3) is 6.96. The summed E-state index contributed by atoms with van der Waals surface area (Å²) in [5, 5.41) is 16.6. The number of nitrogens with zero attached hydrogens (tertiary/aromatic N) is 3. The average Bonchev–Trinajstić information content (AvgIpc) is 2.87. The summed E-state index contributed by atoms with van der Waals surface area (Å²) in [4.78, 5) is 36.0. The third-order valence-corrected chi connectivity index (χ3v) is 5.77. The second-order valence-corrected chi connectivity index (χ2v) is 8.32. The van der Waals surface area contributed by atoms with Gasteiger partial charge in [-0.1, -0.05) is 26.0 Å². The molecule has 0 aliphatic heterocycles. The van der Waals surface area contributed by atoms with Crippen LogP contribution in [-0.4, -0.2) is 71.7 Å². The molecule has 0 aliphatic carbocycles. The van der Waals surface area contributed by atoms with Crippen molar-refractivity contribution < 1.29 is 23.8 Å². The van der Waals surface area contributed by atoms with Crippen molar-refractivity contribution in [3.63, 3.8) is 0 Å². The molecule has 10 heteroatoms. The Balaban J connectivity index is 1.89. The molecule has 1 aromatic carbocycles. The first-order valence-electron chi connectivity index (χ1n) is 11.9. The van der Waals surface area contributed by atoms with Gasteiger partial charge in [-0.05, 0) is 61.8 Å². The molecule has 0 unspecified atom stereocenters. The Labute approximate surface area is 209 Å². The van der Waals surface area contributed by atoms with Crippen LogP contribution in [0.2, 0.25) is 0 Å². The van der Waals surface area contributed by atoms with Gasteiger partial charge in [0.1, 0.15) is 23.8 Å². The number of hydrogen-bond donors (Lipinski definition) is 3. The molecule has 0 aliphatic rings. The molecule has 0 radical (unpaired) electrons. The minimum absolute atomic E-state index is 0.0894. The van der Waals surface area contributed by atoms with Gasteiger partial charge >= 0.3 is 0 Å². The Morgan fingerprint density at radius 3 is 2.53 bits per heavy atom. The smallest absolute Gasteiger partial charge is 0.273 e. The van der Waals surface area contributed by atoms with Crippen molar-refractivity contribution in [2.75, 3.05) is 45.2 Å². The van der Waals surface area contributed by atoms with Crippen LogP contribution in [0.5, 0.6) is 5.75 Å². The Kier molecular flexibility index (Phi) is 9.66. The first kappa shape index (κ1) is 27.0. The van der Waals surface area contributed by atoms with E-state index < -0.39 is 11.8 Å². The lowest BCUT2D eigenvalue weighted by Crippen LogP contribution is -2.30. The Morgan fingerprint density at radius 1 is 1.14 bits per heavy atom. The van der Waals surface area contributed by atoms with E-state index in [2.05, 4.69) is 39.3 Å². The fourth-order valence-corrected chi connectivity index (χ4v) is 3.83. The minimum Gasteiger partial charge on any atom is -0.504 e. The van der Waals surface area contributed by atoms with Crippen molar-refractivity contribution >= 4 is 28.5 Å². The summed E-state index contributed by atoms with van der Waals surface area (Å²) in [5.74, 6) is -1.64. The van der Waals surface area contributed by atoms with Gasteiger partial charge in [0, 0.05) is 25.2 Å². The summed E-state index contributed by atoms with van der Waals surface area (Å²) in [5.41, 5.74) is 1.53. The molecule has 192 valence electrons. The van der Waals surface area contributed by atoms with Gasteiger partial charge in [0.05, 0.1) is 0 Å². The number of fused-ring (bicyclic) bond motifs is 1. The topological polar surface area (TPSA) is 117 Å². The average molecular weight is 498 g/mol. The molecule has 0 bridgehead atoms. The predicted octanol–water partition coefficient (Wildman–Crippen LogP) is 3.11. The highest BCUT2D eigenvalue weighted by molar-refractivity contribution is 6.07. The van der Waals surface area contributed by atoms with Crippen LogP contribution in [0.15, 0.2) is 36.5 Å². The molecule has 0 atom stereocenters. The number of amides is 2. The maximum atomic E-state index is 13.3. The highest BCUT2D eigenvalue weighted by Crippen LogP contribution is 2.32. The fourth-order valence-electron chi connectivity index (χ4n) is 3.83. The van der Waals surface area contributed by atoms with Crippen molar-refractivity contribution in [1.82, 2.24) is 20.2 Å². The van der Waals surface area contributed by atoms with Crippen LogP contribution in [0.3, 0.4) is 0 Å². The zero-order chi connectivity index (χ0) is 26.1. The second-order valence-electron chi connectivity index (χ2n) is 8.32. The predicted molar refractivity (Wildman–Crippen MR) is 136 cm³/mol. The molecular formula is C26H32FN5O4. The van der Waals surface area contributed by atoms with Crippen LogP contribution in [0.1, 0.15) is 41.9 Å². The Bertz CT molecular complexity index is 1200. The normalized spacial score (nSPS) is 11.1. The van der Waals surface area contributed by atoms with Gasteiger partial charge in [0.25, 0.3) is 11.8 Å². The molecule has 3 rings (SSSR count). The van der Waals surface area contributed by atoms with Crippen molar-refractivity contribution in [2.45, 2.75) is 26.7 Å². The molecular weight excluding hydrogens is 465 g/mol. The number of ether oxygens (including phenoxy) is 1. The van der Waals surface area contributed by atoms with E-state index in [-0.39, 0.29) is 35.2 Å². The monoisotopic (exact) mass is 497 g/mol. The highest BCUT2D eigenvalue weighted by atomic mass is 19.1. The molecule has 36 heavy (non-hydrogen) atoms. The number of methoxy groups -OCH3 is 1. The van der Waals surface area contributed by atoms with Crippen LogP contribution in [-0.2, 0) is 16.0 Å². The molecule has 9 nitrogen and oxygen atoms in total. The Morgan fingerprint density at radius 2 is 1.86 bits per heavy atom. The SMILES string of the molecule is CCN(CC)CCCNC(=O)c1nc(NC(=O)COC)c2cc(Cc3ccc(F)cc3)cnc2c1O. The minimum atomic E-state index is -0.562. The third-order valence-electron chi connectivity index (χ3n) is 5.77. The quantitative estimate of drug-likeness (QED) is 0.329. The molecule has 0 spiro atoms. The first-order valence-corrected chi connectivity index (χ1v) is 11.9. The zero-order valence-electron chi connectivity index (χ0n) is 20.8. The van der Waals surface area contributed by atoms with E-state index in [1.54, 1.807) is 24.4 Å². The van der Waals surface area contributed by atoms with E-state index in [1.807, 2.05) is 0 Å². The van der Waals surface area contributed by atoms with E-state index in [9.17, 15) is 19.1 Å². The lowest BCUT2D eigenvalue weighted by molar-refractivity contribution is -0.119. The number of carbonyl (C=O) groups excluding carboxylic acids is 2. The summed E-state index contributed by atoms with van der Waals surface area (Å²) < 4.78 is 18.1. The van der Waals surface area contributed by atoms with Gasteiger partial charge in [-0.2, -0.15) is 0 Å². The number of aromatic nitrogens is 2. The van der Waals surface area contributed by atoms with Crippen LogP contribution < -0.4 is 10.6 Å². The first-order chi connectivity index (χ1) is 17.4. The largest absolute Gasteiger partial charge is 0.504 e. The van der Waals surface area contributed by atoms with Gasteiger partial charge in [-0.15, -0.1) is 0 Å². The van der Waals surface area contributed by atoms with E-state index in [0.717, 1.165) is 37.2 Å². The van der Waals surface area contributed by atoms with E-state index in [0.29, 0.717) is 18.4 Å². The summed E-state index contributed by atoms with van der Waals surface area (Å²) in [6.45, 7) is 7.05. The summed E-state index contributed by atoms with van der Waals surface area (Å²) >= 11 is 0. The number of carbonyl (C=O) groups is 2. The maximum Gasteiger partial charge on any atom is 0.273 e. The number of hydrogen-bond acceptors (Lipinski definition) is 7. The molecule has 3 aromatic rings. The van der Waals surface area contributed by atoms with Crippen molar-refractivity contribution in [3.8, 4) is 5.75 Å². The number of aromatic hydroxyl groups is 1. The van der Waals surface area contributed by atoms with Crippen LogP contribution >= 0.6 is 0 Å². The number of benzene rings is 1. The highest BCUT2D eigenvalue weighted by Gasteiger charge is 2.21. The lowest BCUT2D eigenvalue weighted by atomic mass is 10.0. The van der Waals surface area contributed by atoms with E-state index in [4.69, 9.17) is 4.74 Å². The molecule has 2 amide bonds. The summed E-state index contributed by atoms with van der Waals surface area (Å²) in [6.07, 6.45) is 2.76. The number of nitrogens with one attached hydrogen (secondary N) is 2. The van der Waals surface area contributed by atoms with E-state index >= 15 is 0 Å². The summed E-state index contributed by atoms with van der Waals surface area (Å²) in [6, 6.07) is 7.82. The maximum absolute atomic E-state index is 13.3. The zero-order valence-corrected chi connectivity index (χ0v) is 20.8. The van der Waals surface area contributed by atoms with Crippen LogP contribution in [0.4, 0.5) is 10.2 Å². The van der Waals surface area contributed by atoms with Crippen molar-refractivity contribution in [2.24, 2.45) is 0 Å². The standard InChI is InChI=1S/C26H32FN5O4/c1-4-32(5-2)12-6-11-28-26(35)23-24(34)22-20(25(31-23)30-21(33)16-36-3)14-18(15-29-22)13-17-7-9-19(27)10-8-17/h7-10,14-15,34H,4-6,11-13,16H2,1-3H3,(H,28,35)(H,30,31,33). The fraction of sp³-hybridized carbons (Fsp3) is 0.385. The van der Waals surface area contributed by atoms with Crippen LogP contribution in [0, 0.1) is 5.82 Å². The van der Waals surface area contributed by atoms with Gasteiger partial charge in [-0.25, -0.2) is 9.37 Å². The van der Waals surface area contributed by atoms with Gasteiger partial charge < -0.3 is 25.4 Å². The number of pyridine rings is 2. The van der Waals surface area contributed by atoms with Crippen LogP contribution in [0.25, 0.3) is 10.9 Å². The second kappa shape index (κ2) is 12.9. The van der Waals surface area contributed by atoms with Gasteiger partial charge in [0.15, 0.2) is 11.4 Å². The molecule has 2 heterocycles. The Hall–Kier alpha value is -3.63. The summed E-state index contributed by atoms with van der Waals surface area (Å²) in [7, 11) is 1.39. The van der Waals surface area contributed by atoms with Gasteiger partial charge in [-0.3, -0.25) is 14.6 Å². The number of rotatable bonds is 12. The van der Waals surface area contributed by atoms with Gasteiger partial charge in [0.2, 0.25) is 0 Å². The van der Waals surface area contributed by atoms with Crippen molar-refractivity contribution in [3.05, 3.63) is 59.2 Å².